The van der Waals surface area contributed by atoms with Crippen LogP contribution in [0.15, 0.2) is 55.4 Å². The van der Waals surface area contributed by atoms with Crippen molar-refractivity contribution < 1.29 is 18.0 Å². The molecule has 0 spiro atoms. The van der Waals surface area contributed by atoms with E-state index < -0.39 is 17.6 Å². The maximum absolute atomic E-state index is 13.2. The van der Waals surface area contributed by atoms with Crippen molar-refractivity contribution in [3.8, 4) is 0 Å². The topological polar surface area (TPSA) is 81.8 Å². The Hall–Kier alpha value is -3.40. The van der Waals surface area contributed by atoms with E-state index in [1.54, 1.807) is 12.4 Å². The molecule has 2 heterocycles. The van der Waals surface area contributed by atoms with Crippen molar-refractivity contribution in [3.05, 3.63) is 72.1 Å². The minimum absolute atomic E-state index is 0.0250. The fourth-order valence-corrected chi connectivity index (χ4v) is 2.96. The van der Waals surface area contributed by atoms with Crippen LogP contribution in [0.5, 0.6) is 0 Å². The van der Waals surface area contributed by atoms with Crippen LogP contribution < -0.4 is 16.0 Å². The highest BCUT2D eigenvalue weighted by molar-refractivity contribution is 7.80. The van der Waals surface area contributed by atoms with Gasteiger partial charge in [-0.1, -0.05) is 6.58 Å². The standard InChI is InChI=1S/C20H18F3N5OS/c1-2-17(29)28-15-8-12(7-14(9-15)20(21,22)23)10-26-19(30)27-11-13-3-5-24-18-16(13)4-6-25-18/h2-9H,1,10-11H2,(H,24,25)(H,28,29)(H2,26,27,30). The smallest absolute Gasteiger partial charge is 0.359 e. The van der Waals surface area contributed by atoms with E-state index in [-0.39, 0.29) is 17.3 Å². The normalized spacial score (nSPS) is 11.2. The molecule has 1 amide bonds. The fraction of sp³-hybridized carbons (Fsp3) is 0.150. The number of H-pyrrole nitrogens is 1. The number of alkyl halides is 3. The number of amides is 1. The molecule has 0 unspecified atom stereocenters. The predicted octanol–water partition coefficient (Wildman–Crippen LogP) is 3.87. The zero-order valence-corrected chi connectivity index (χ0v) is 16.5. The number of benzene rings is 1. The molecule has 0 saturated heterocycles. The minimum atomic E-state index is -4.55. The molecule has 0 fully saturated rings. The molecule has 0 atom stereocenters. The number of carbonyl (C=O) groups excluding carboxylic acids is 1. The van der Waals surface area contributed by atoms with Crippen LogP contribution in [0.1, 0.15) is 16.7 Å². The van der Waals surface area contributed by atoms with Gasteiger partial charge >= 0.3 is 6.18 Å². The van der Waals surface area contributed by atoms with Gasteiger partial charge in [0.15, 0.2) is 5.11 Å². The van der Waals surface area contributed by atoms with Crippen LogP contribution in [-0.4, -0.2) is 21.0 Å². The predicted molar refractivity (Wildman–Crippen MR) is 113 cm³/mol. The SMILES string of the molecule is C=CC(=O)Nc1cc(CNC(=S)NCc2ccnc3[nH]ccc23)cc(C(F)(F)F)c1. The lowest BCUT2D eigenvalue weighted by Gasteiger charge is -2.15. The Kier molecular flexibility index (Phi) is 6.36. The number of aromatic amines is 1. The lowest BCUT2D eigenvalue weighted by molar-refractivity contribution is -0.137. The average Bonchev–Trinajstić information content (AvgIpc) is 3.19. The lowest BCUT2D eigenvalue weighted by Crippen LogP contribution is -2.34. The van der Waals surface area contributed by atoms with Gasteiger partial charge in [0.05, 0.1) is 5.56 Å². The van der Waals surface area contributed by atoms with E-state index in [1.807, 2.05) is 12.1 Å². The van der Waals surface area contributed by atoms with E-state index in [1.165, 1.54) is 6.07 Å². The number of pyridine rings is 1. The molecule has 0 aliphatic rings. The molecule has 4 N–H and O–H groups in total. The fourth-order valence-electron chi connectivity index (χ4n) is 2.82. The summed E-state index contributed by atoms with van der Waals surface area (Å²) < 4.78 is 39.5. The number of nitrogens with one attached hydrogen (secondary N) is 4. The molecule has 0 saturated carbocycles. The second kappa shape index (κ2) is 8.95. The van der Waals surface area contributed by atoms with E-state index in [9.17, 15) is 18.0 Å². The van der Waals surface area contributed by atoms with Crippen LogP contribution in [0.4, 0.5) is 18.9 Å². The first-order valence-electron chi connectivity index (χ1n) is 8.83. The molecule has 30 heavy (non-hydrogen) atoms. The van der Waals surface area contributed by atoms with Crippen molar-refractivity contribution in [1.29, 1.82) is 0 Å². The number of carbonyl (C=O) groups is 1. The van der Waals surface area contributed by atoms with Crippen molar-refractivity contribution in [1.82, 2.24) is 20.6 Å². The third-order valence-corrected chi connectivity index (χ3v) is 4.50. The first-order valence-corrected chi connectivity index (χ1v) is 9.24. The summed E-state index contributed by atoms with van der Waals surface area (Å²) in [6, 6.07) is 7.07. The Balaban J connectivity index is 1.65. The van der Waals surface area contributed by atoms with Gasteiger partial charge in [-0.2, -0.15) is 13.2 Å². The molecular formula is C20H18F3N5OS. The summed E-state index contributed by atoms with van der Waals surface area (Å²) in [5.74, 6) is -0.598. The number of aromatic nitrogens is 2. The summed E-state index contributed by atoms with van der Waals surface area (Å²) >= 11 is 5.23. The Morgan fingerprint density at radius 2 is 1.97 bits per heavy atom. The number of hydrogen-bond donors (Lipinski definition) is 4. The van der Waals surface area contributed by atoms with E-state index >= 15 is 0 Å². The molecule has 2 aromatic heterocycles. The van der Waals surface area contributed by atoms with E-state index in [2.05, 4.69) is 32.5 Å². The van der Waals surface area contributed by atoms with Crippen molar-refractivity contribution in [2.75, 3.05) is 5.32 Å². The molecule has 156 valence electrons. The summed E-state index contributed by atoms with van der Waals surface area (Å²) in [4.78, 5) is 18.7. The van der Waals surface area contributed by atoms with Gasteiger partial charge in [-0.3, -0.25) is 4.79 Å². The summed E-state index contributed by atoms with van der Waals surface area (Å²) in [5.41, 5.74) is 1.19. The van der Waals surface area contributed by atoms with Crippen LogP contribution in [0.3, 0.4) is 0 Å². The zero-order valence-electron chi connectivity index (χ0n) is 15.6. The Morgan fingerprint density at radius 3 is 2.70 bits per heavy atom. The molecule has 0 aliphatic heterocycles. The average molecular weight is 433 g/mol. The number of fused-ring (bicyclic) bond motifs is 1. The quantitative estimate of drug-likeness (QED) is 0.351. The second-order valence-corrected chi connectivity index (χ2v) is 6.76. The summed E-state index contributed by atoms with van der Waals surface area (Å²) in [7, 11) is 0. The van der Waals surface area contributed by atoms with Crippen LogP contribution in [0.25, 0.3) is 11.0 Å². The van der Waals surface area contributed by atoms with Crippen molar-refractivity contribution in [2.24, 2.45) is 0 Å². The van der Waals surface area contributed by atoms with Gasteiger partial charge < -0.3 is 20.9 Å². The summed E-state index contributed by atoms with van der Waals surface area (Å²) in [6.07, 6.45) is -0.106. The highest BCUT2D eigenvalue weighted by Gasteiger charge is 2.31. The van der Waals surface area contributed by atoms with Crippen molar-refractivity contribution in [3.63, 3.8) is 0 Å². The van der Waals surface area contributed by atoms with Gasteiger partial charge in [0.2, 0.25) is 5.91 Å². The highest BCUT2D eigenvalue weighted by atomic mass is 32.1. The van der Waals surface area contributed by atoms with Gasteiger partial charge in [-0.25, -0.2) is 4.98 Å². The highest BCUT2D eigenvalue weighted by Crippen LogP contribution is 2.32. The van der Waals surface area contributed by atoms with Crippen LogP contribution >= 0.6 is 12.2 Å². The largest absolute Gasteiger partial charge is 0.416 e. The molecule has 3 rings (SSSR count). The number of hydrogen-bond acceptors (Lipinski definition) is 3. The van der Waals surface area contributed by atoms with Crippen molar-refractivity contribution >= 4 is 40.0 Å². The first kappa shape index (κ1) is 21.3. The Bertz CT molecular complexity index is 1090. The number of thiocarbonyl (C=S) groups is 1. The van der Waals surface area contributed by atoms with Gasteiger partial charge in [-0.15, -0.1) is 0 Å². The molecule has 6 nitrogen and oxygen atoms in total. The number of anilines is 1. The van der Waals surface area contributed by atoms with Crippen LogP contribution in [-0.2, 0) is 24.1 Å². The third kappa shape index (κ3) is 5.35. The monoisotopic (exact) mass is 433 g/mol. The summed E-state index contributed by atoms with van der Waals surface area (Å²) in [5, 5.41) is 9.49. The summed E-state index contributed by atoms with van der Waals surface area (Å²) in [6.45, 7) is 3.76. The second-order valence-electron chi connectivity index (χ2n) is 6.36. The Labute approximate surface area is 175 Å². The maximum atomic E-state index is 13.2. The molecule has 1 aromatic carbocycles. The van der Waals surface area contributed by atoms with Gasteiger partial charge in [0.25, 0.3) is 0 Å². The van der Waals surface area contributed by atoms with E-state index in [4.69, 9.17) is 12.2 Å². The third-order valence-electron chi connectivity index (χ3n) is 4.22. The molecule has 0 aliphatic carbocycles. The maximum Gasteiger partial charge on any atom is 0.416 e. The van der Waals surface area contributed by atoms with Crippen LogP contribution in [0.2, 0.25) is 0 Å². The van der Waals surface area contributed by atoms with Gasteiger partial charge in [0, 0.05) is 36.6 Å². The zero-order chi connectivity index (χ0) is 21.7. The van der Waals surface area contributed by atoms with Gasteiger partial charge in [-0.05, 0) is 59.8 Å². The Morgan fingerprint density at radius 1 is 1.20 bits per heavy atom. The minimum Gasteiger partial charge on any atom is -0.359 e. The lowest BCUT2D eigenvalue weighted by atomic mass is 10.1. The molecule has 3 aromatic rings. The molecule has 0 bridgehead atoms. The van der Waals surface area contributed by atoms with Crippen LogP contribution in [0, 0.1) is 0 Å². The number of nitrogens with zero attached hydrogens (tertiary/aromatic N) is 1. The van der Waals surface area contributed by atoms with Crippen molar-refractivity contribution in [2.45, 2.75) is 19.3 Å². The first-order chi connectivity index (χ1) is 14.3. The van der Waals surface area contributed by atoms with E-state index in [0.717, 1.165) is 34.8 Å². The molecule has 10 heteroatoms. The number of halogens is 3. The molecule has 0 radical (unpaired) electrons. The number of rotatable bonds is 6. The van der Waals surface area contributed by atoms with Gasteiger partial charge in [0.1, 0.15) is 5.65 Å². The van der Waals surface area contributed by atoms with E-state index in [0.29, 0.717) is 12.1 Å². The molecular weight excluding hydrogens is 415 g/mol.